The SMILES string of the molecule is C.Cc1nsc(-c2nc(NC3CCC(F)(F)CC3)nc(NC3CCC(F)(F)CC3)n2)n1. The summed E-state index contributed by atoms with van der Waals surface area (Å²) in [6, 6.07) is -0.338. The molecule has 2 aliphatic carbocycles. The van der Waals surface area contributed by atoms with Crippen LogP contribution in [-0.4, -0.2) is 48.2 Å². The Labute approximate surface area is 182 Å². The number of hydrogen-bond acceptors (Lipinski definition) is 8. The van der Waals surface area contributed by atoms with Crippen molar-refractivity contribution in [2.45, 2.75) is 89.6 Å². The number of halogens is 4. The van der Waals surface area contributed by atoms with Gasteiger partial charge in [0.25, 0.3) is 0 Å². The smallest absolute Gasteiger partial charge is 0.248 e. The maximum absolute atomic E-state index is 13.4. The summed E-state index contributed by atoms with van der Waals surface area (Å²) in [5, 5.41) is 6.76. The van der Waals surface area contributed by atoms with Gasteiger partial charge in [0.05, 0.1) is 0 Å². The lowest BCUT2D eigenvalue weighted by Gasteiger charge is -2.29. The summed E-state index contributed by atoms with van der Waals surface area (Å²) in [7, 11) is 0. The fraction of sp³-hybridized carbons (Fsp3) is 0.737. The van der Waals surface area contributed by atoms with E-state index in [4.69, 9.17) is 0 Å². The minimum atomic E-state index is -2.62. The van der Waals surface area contributed by atoms with Gasteiger partial charge in [0.2, 0.25) is 23.7 Å². The van der Waals surface area contributed by atoms with Gasteiger partial charge in [-0.25, -0.2) is 22.5 Å². The largest absolute Gasteiger partial charge is 0.351 e. The number of anilines is 2. The maximum atomic E-state index is 13.4. The van der Waals surface area contributed by atoms with Gasteiger partial charge in [-0.15, -0.1) is 0 Å². The van der Waals surface area contributed by atoms with E-state index in [-0.39, 0.29) is 57.1 Å². The summed E-state index contributed by atoms with van der Waals surface area (Å²) in [6.45, 7) is 1.75. The fourth-order valence-corrected chi connectivity index (χ4v) is 4.33. The molecule has 2 heterocycles. The number of alkyl halides is 4. The summed E-state index contributed by atoms with van der Waals surface area (Å²) in [5.41, 5.74) is 0. The molecule has 2 aromatic heterocycles. The highest BCUT2D eigenvalue weighted by Gasteiger charge is 2.36. The fourth-order valence-electron chi connectivity index (χ4n) is 3.72. The first-order chi connectivity index (χ1) is 14.2. The molecule has 2 fully saturated rings. The highest BCUT2D eigenvalue weighted by atomic mass is 32.1. The minimum absolute atomic E-state index is 0. The molecule has 0 amide bonds. The van der Waals surface area contributed by atoms with Crippen LogP contribution in [0.25, 0.3) is 10.8 Å². The number of hydrogen-bond donors (Lipinski definition) is 2. The van der Waals surface area contributed by atoms with Crippen molar-refractivity contribution in [3.63, 3.8) is 0 Å². The lowest BCUT2D eigenvalue weighted by Crippen LogP contribution is -2.33. The highest BCUT2D eigenvalue weighted by Crippen LogP contribution is 2.35. The molecule has 2 aromatic rings. The second-order valence-corrected chi connectivity index (χ2v) is 8.75. The molecular formula is C19H27F4N7S. The predicted octanol–water partition coefficient (Wildman–Crippen LogP) is 5.31. The average Bonchev–Trinajstić information content (AvgIpc) is 3.12. The molecule has 172 valence electrons. The first kappa shape index (κ1) is 23.6. The van der Waals surface area contributed by atoms with Crippen LogP contribution >= 0.6 is 11.5 Å². The Morgan fingerprint density at radius 2 is 1.23 bits per heavy atom. The molecule has 2 saturated carbocycles. The Hall–Kier alpha value is -2.11. The van der Waals surface area contributed by atoms with E-state index in [9.17, 15) is 17.6 Å². The average molecular weight is 462 g/mol. The van der Waals surface area contributed by atoms with Gasteiger partial charge in [-0.05, 0) is 44.1 Å². The van der Waals surface area contributed by atoms with Crippen molar-refractivity contribution >= 4 is 23.4 Å². The van der Waals surface area contributed by atoms with Gasteiger partial charge < -0.3 is 10.6 Å². The van der Waals surface area contributed by atoms with Crippen molar-refractivity contribution in [3.05, 3.63) is 5.82 Å². The second kappa shape index (κ2) is 9.17. The van der Waals surface area contributed by atoms with Crippen LogP contribution in [0.4, 0.5) is 29.5 Å². The van der Waals surface area contributed by atoms with E-state index in [1.807, 2.05) is 0 Å². The van der Waals surface area contributed by atoms with Crippen LogP contribution in [0.2, 0.25) is 0 Å². The molecule has 0 spiro atoms. The molecule has 2 aliphatic rings. The Kier molecular flexibility index (Phi) is 6.97. The number of rotatable bonds is 5. The molecule has 0 radical (unpaired) electrons. The summed E-state index contributed by atoms with van der Waals surface area (Å²) in [5.74, 6) is -3.84. The summed E-state index contributed by atoms with van der Waals surface area (Å²) >= 11 is 1.14. The summed E-state index contributed by atoms with van der Waals surface area (Å²) in [4.78, 5) is 17.4. The van der Waals surface area contributed by atoms with Crippen molar-refractivity contribution < 1.29 is 17.6 Å². The third-order valence-corrected chi connectivity index (χ3v) is 6.26. The molecule has 31 heavy (non-hydrogen) atoms. The lowest BCUT2D eigenvalue weighted by atomic mass is 9.92. The van der Waals surface area contributed by atoms with Crippen LogP contribution in [-0.2, 0) is 0 Å². The second-order valence-electron chi connectivity index (χ2n) is 8.00. The van der Waals surface area contributed by atoms with E-state index in [1.165, 1.54) is 0 Å². The Balaban J connectivity index is 0.00000272. The standard InChI is InChI=1S/C18H23F4N7S.CH4/c1-10-23-14(30-29-10)13-26-15(24-11-2-6-17(19,20)7-3-11)28-16(27-13)25-12-4-8-18(21,22)9-5-12;/h11-12H,2-9H2,1H3,(H2,24,25,26,27,28);1H4. The molecule has 0 saturated heterocycles. The molecule has 4 rings (SSSR count). The summed E-state index contributed by atoms with van der Waals surface area (Å²) in [6.07, 6.45) is 0.524. The van der Waals surface area contributed by atoms with Crippen molar-refractivity contribution in [3.8, 4) is 10.8 Å². The Morgan fingerprint density at radius 3 is 1.61 bits per heavy atom. The van der Waals surface area contributed by atoms with Crippen molar-refractivity contribution in [1.82, 2.24) is 24.3 Å². The molecular weight excluding hydrogens is 434 g/mol. The lowest BCUT2D eigenvalue weighted by molar-refractivity contribution is -0.0366. The van der Waals surface area contributed by atoms with Crippen LogP contribution in [0.3, 0.4) is 0 Å². The first-order valence-corrected chi connectivity index (χ1v) is 10.8. The zero-order valence-electron chi connectivity index (χ0n) is 16.5. The van der Waals surface area contributed by atoms with E-state index >= 15 is 0 Å². The van der Waals surface area contributed by atoms with Crippen LogP contribution < -0.4 is 10.6 Å². The first-order valence-electron chi connectivity index (χ1n) is 10.0. The molecule has 0 atom stereocenters. The molecule has 2 N–H and O–H groups in total. The molecule has 0 unspecified atom stereocenters. The topological polar surface area (TPSA) is 88.5 Å². The van der Waals surface area contributed by atoms with E-state index in [2.05, 4.69) is 34.9 Å². The maximum Gasteiger partial charge on any atom is 0.248 e. The normalized spacial score (nSPS) is 21.3. The quantitative estimate of drug-likeness (QED) is 0.583. The molecule has 0 aromatic carbocycles. The highest BCUT2D eigenvalue weighted by molar-refractivity contribution is 7.09. The van der Waals surface area contributed by atoms with Gasteiger partial charge in [0.1, 0.15) is 5.82 Å². The predicted molar refractivity (Wildman–Crippen MR) is 112 cm³/mol. The molecule has 12 heteroatoms. The monoisotopic (exact) mass is 461 g/mol. The van der Waals surface area contributed by atoms with Gasteiger partial charge in [-0.2, -0.15) is 19.3 Å². The summed E-state index contributed by atoms with van der Waals surface area (Å²) < 4.78 is 57.9. The third kappa shape index (κ3) is 6.20. The molecule has 0 bridgehead atoms. The van der Waals surface area contributed by atoms with Crippen LogP contribution in [0.5, 0.6) is 0 Å². The van der Waals surface area contributed by atoms with Gasteiger partial charge in [-0.1, -0.05) is 7.43 Å². The zero-order valence-corrected chi connectivity index (χ0v) is 17.3. The van der Waals surface area contributed by atoms with Gasteiger partial charge in [-0.3, -0.25) is 0 Å². The van der Waals surface area contributed by atoms with Gasteiger partial charge >= 0.3 is 0 Å². The number of nitrogens with one attached hydrogen (secondary N) is 2. The number of aromatic nitrogens is 5. The van der Waals surface area contributed by atoms with E-state index in [1.54, 1.807) is 6.92 Å². The van der Waals surface area contributed by atoms with Crippen LogP contribution in [0.15, 0.2) is 0 Å². The van der Waals surface area contributed by atoms with Crippen LogP contribution in [0, 0.1) is 6.92 Å². The van der Waals surface area contributed by atoms with Crippen LogP contribution in [0.1, 0.15) is 64.6 Å². The third-order valence-electron chi connectivity index (χ3n) is 5.45. The Bertz CT molecular complexity index is 824. The number of aryl methyl sites for hydroxylation is 1. The minimum Gasteiger partial charge on any atom is -0.351 e. The van der Waals surface area contributed by atoms with Gasteiger partial charge in [0, 0.05) is 37.8 Å². The molecule has 0 aliphatic heterocycles. The van der Waals surface area contributed by atoms with Crippen molar-refractivity contribution in [2.75, 3.05) is 10.6 Å². The van der Waals surface area contributed by atoms with Crippen molar-refractivity contribution in [1.29, 1.82) is 0 Å². The van der Waals surface area contributed by atoms with Crippen molar-refractivity contribution in [2.24, 2.45) is 0 Å². The Morgan fingerprint density at radius 1 is 0.774 bits per heavy atom. The zero-order chi connectivity index (χ0) is 21.4. The molecule has 7 nitrogen and oxygen atoms in total. The van der Waals surface area contributed by atoms with Gasteiger partial charge in [0.15, 0.2) is 10.8 Å². The van der Waals surface area contributed by atoms with E-state index < -0.39 is 11.8 Å². The van der Waals surface area contributed by atoms with E-state index in [0.717, 1.165) is 11.5 Å². The number of nitrogens with zero attached hydrogens (tertiary/aromatic N) is 5. The van der Waals surface area contributed by atoms with E-state index in [0.29, 0.717) is 42.3 Å².